The molecule has 0 aromatic heterocycles. The molecule has 0 aliphatic carbocycles. The summed E-state index contributed by atoms with van der Waals surface area (Å²) >= 11 is 6.11. The van der Waals surface area contributed by atoms with Gasteiger partial charge in [-0.2, -0.15) is 0 Å². The Balaban J connectivity index is 2.12. The van der Waals surface area contributed by atoms with Crippen LogP contribution in [-0.4, -0.2) is 16.6 Å². The van der Waals surface area contributed by atoms with E-state index < -0.39 is 11.5 Å². The summed E-state index contributed by atoms with van der Waals surface area (Å²) in [7, 11) is 0. The molecule has 2 N–H and O–H groups in total. The largest absolute Gasteiger partial charge is 0.480 e. The highest BCUT2D eigenvalue weighted by Gasteiger charge is 2.32. The van der Waals surface area contributed by atoms with E-state index in [1.807, 2.05) is 48.5 Å². The minimum absolute atomic E-state index is 0.410. The molecule has 110 valence electrons. The van der Waals surface area contributed by atoms with Crippen LogP contribution in [0.4, 0.5) is 0 Å². The Morgan fingerprint density at radius 2 is 1.76 bits per heavy atom. The minimum Gasteiger partial charge on any atom is -0.480 e. The summed E-state index contributed by atoms with van der Waals surface area (Å²) < 4.78 is 0. The topological polar surface area (TPSA) is 49.3 Å². The van der Waals surface area contributed by atoms with Crippen molar-refractivity contribution >= 4 is 17.6 Å². The molecule has 1 atom stereocenters. The Labute approximate surface area is 129 Å². The molecule has 0 saturated heterocycles. The van der Waals surface area contributed by atoms with Crippen molar-refractivity contribution in [1.82, 2.24) is 5.32 Å². The van der Waals surface area contributed by atoms with Crippen LogP contribution in [0.3, 0.4) is 0 Å². The van der Waals surface area contributed by atoms with Gasteiger partial charge in [-0.25, -0.2) is 0 Å². The number of aliphatic carboxylic acids is 1. The SMILES string of the molecule is CC(Cc1ccccc1)(NCc1ccccc1Cl)C(=O)O. The van der Waals surface area contributed by atoms with E-state index in [0.717, 1.165) is 11.1 Å². The molecule has 3 nitrogen and oxygen atoms in total. The van der Waals surface area contributed by atoms with Gasteiger partial charge in [0, 0.05) is 18.0 Å². The lowest BCUT2D eigenvalue weighted by Gasteiger charge is -2.27. The second kappa shape index (κ2) is 6.74. The number of hydrogen-bond donors (Lipinski definition) is 2. The summed E-state index contributed by atoms with van der Waals surface area (Å²) in [5.41, 5.74) is 0.828. The van der Waals surface area contributed by atoms with E-state index in [9.17, 15) is 9.90 Å². The van der Waals surface area contributed by atoms with Gasteiger partial charge in [0.2, 0.25) is 0 Å². The fourth-order valence-corrected chi connectivity index (χ4v) is 2.35. The maximum atomic E-state index is 11.6. The van der Waals surface area contributed by atoms with Crippen molar-refractivity contribution in [1.29, 1.82) is 0 Å². The van der Waals surface area contributed by atoms with E-state index in [1.54, 1.807) is 13.0 Å². The lowest BCUT2D eigenvalue weighted by Crippen LogP contribution is -2.50. The van der Waals surface area contributed by atoms with Gasteiger partial charge in [0.15, 0.2) is 0 Å². The van der Waals surface area contributed by atoms with Gasteiger partial charge in [0.05, 0.1) is 0 Å². The predicted octanol–water partition coefficient (Wildman–Crippen LogP) is 3.52. The zero-order valence-electron chi connectivity index (χ0n) is 11.8. The third-order valence-electron chi connectivity index (χ3n) is 3.50. The van der Waals surface area contributed by atoms with Crippen LogP contribution in [0.1, 0.15) is 18.1 Å². The van der Waals surface area contributed by atoms with Crippen molar-refractivity contribution in [2.24, 2.45) is 0 Å². The first kappa shape index (κ1) is 15.5. The maximum absolute atomic E-state index is 11.6. The molecule has 0 radical (unpaired) electrons. The highest BCUT2D eigenvalue weighted by Crippen LogP contribution is 2.18. The number of carboxylic acid groups (broad SMARTS) is 1. The van der Waals surface area contributed by atoms with Crippen LogP contribution in [0.5, 0.6) is 0 Å². The zero-order chi connectivity index (χ0) is 15.3. The van der Waals surface area contributed by atoms with E-state index in [0.29, 0.717) is 18.0 Å². The van der Waals surface area contributed by atoms with Crippen LogP contribution in [0.25, 0.3) is 0 Å². The van der Waals surface area contributed by atoms with Gasteiger partial charge >= 0.3 is 5.97 Å². The van der Waals surface area contributed by atoms with Crippen LogP contribution >= 0.6 is 11.6 Å². The van der Waals surface area contributed by atoms with E-state index in [-0.39, 0.29) is 0 Å². The van der Waals surface area contributed by atoms with Crippen LogP contribution in [0.2, 0.25) is 5.02 Å². The van der Waals surface area contributed by atoms with Crippen molar-refractivity contribution in [3.8, 4) is 0 Å². The lowest BCUT2D eigenvalue weighted by molar-refractivity contribution is -0.144. The average Bonchev–Trinajstić information content (AvgIpc) is 2.47. The standard InChI is InChI=1S/C17H18ClNO2/c1-17(16(20)21,11-13-7-3-2-4-8-13)19-12-14-9-5-6-10-15(14)18/h2-10,19H,11-12H2,1H3,(H,20,21). The van der Waals surface area contributed by atoms with Gasteiger partial charge in [-0.15, -0.1) is 0 Å². The Morgan fingerprint density at radius 3 is 2.38 bits per heavy atom. The molecule has 0 spiro atoms. The molecule has 2 aromatic rings. The van der Waals surface area contributed by atoms with E-state index in [1.165, 1.54) is 0 Å². The Kier molecular flexibility index (Phi) is 4.99. The van der Waals surface area contributed by atoms with Gasteiger partial charge in [0.25, 0.3) is 0 Å². The average molecular weight is 304 g/mol. The number of hydrogen-bond acceptors (Lipinski definition) is 2. The van der Waals surface area contributed by atoms with Crippen molar-refractivity contribution < 1.29 is 9.90 Å². The van der Waals surface area contributed by atoms with E-state index >= 15 is 0 Å². The van der Waals surface area contributed by atoms with Crippen molar-refractivity contribution in [2.45, 2.75) is 25.4 Å². The molecular formula is C17H18ClNO2. The number of benzene rings is 2. The molecule has 0 amide bonds. The normalized spacial score (nSPS) is 13.6. The summed E-state index contributed by atoms with van der Waals surface area (Å²) in [6.07, 6.45) is 0.410. The fourth-order valence-electron chi connectivity index (χ4n) is 2.15. The monoisotopic (exact) mass is 303 g/mol. The summed E-state index contributed by atoms with van der Waals surface area (Å²) in [6.45, 7) is 2.11. The van der Waals surface area contributed by atoms with Crippen LogP contribution in [-0.2, 0) is 17.8 Å². The Bertz CT molecular complexity index is 615. The number of halogens is 1. The summed E-state index contributed by atoms with van der Waals surface area (Å²) in [5.74, 6) is -0.876. The lowest BCUT2D eigenvalue weighted by atomic mass is 9.92. The molecule has 0 aliphatic heterocycles. The first-order chi connectivity index (χ1) is 10.0. The summed E-state index contributed by atoms with van der Waals surface area (Å²) in [5, 5.41) is 13.3. The first-order valence-electron chi connectivity index (χ1n) is 6.77. The van der Waals surface area contributed by atoms with E-state index in [2.05, 4.69) is 5.32 Å². The van der Waals surface area contributed by atoms with Gasteiger partial charge in [-0.05, 0) is 24.1 Å². The number of carboxylic acids is 1. The van der Waals surface area contributed by atoms with Crippen LogP contribution < -0.4 is 5.32 Å². The number of carbonyl (C=O) groups is 1. The Hall–Kier alpha value is -1.84. The first-order valence-corrected chi connectivity index (χ1v) is 7.15. The third kappa shape index (κ3) is 4.06. The second-order valence-electron chi connectivity index (χ2n) is 5.24. The van der Waals surface area contributed by atoms with Crippen molar-refractivity contribution in [3.05, 3.63) is 70.7 Å². The molecule has 2 aromatic carbocycles. The zero-order valence-corrected chi connectivity index (χ0v) is 12.6. The van der Waals surface area contributed by atoms with E-state index in [4.69, 9.17) is 11.6 Å². The minimum atomic E-state index is -1.04. The summed E-state index contributed by atoms with van der Waals surface area (Å²) in [4.78, 5) is 11.6. The highest BCUT2D eigenvalue weighted by atomic mass is 35.5. The van der Waals surface area contributed by atoms with Gasteiger partial charge in [-0.3, -0.25) is 10.1 Å². The Morgan fingerprint density at radius 1 is 1.14 bits per heavy atom. The predicted molar refractivity (Wildman–Crippen MR) is 84.5 cm³/mol. The van der Waals surface area contributed by atoms with Crippen molar-refractivity contribution in [2.75, 3.05) is 0 Å². The quantitative estimate of drug-likeness (QED) is 0.858. The molecule has 0 bridgehead atoms. The molecule has 2 rings (SSSR count). The van der Waals surface area contributed by atoms with Gasteiger partial charge < -0.3 is 5.11 Å². The third-order valence-corrected chi connectivity index (χ3v) is 3.87. The molecule has 0 heterocycles. The fraction of sp³-hybridized carbons (Fsp3) is 0.235. The summed E-state index contributed by atoms with van der Waals surface area (Å²) in [6, 6.07) is 17.0. The molecule has 21 heavy (non-hydrogen) atoms. The molecule has 1 unspecified atom stereocenters. The molecule has 0 saturated carbocycles. The molecule has 0 fully saturated rings. The second-order valence-corrected chi connectivity index (χ2v) is 5.65. The smallest absolute Gasteiger partial charge is 0.323 e. The number of nitrogens with one attached hydrogen (secondary N) is 1. The maximum Gasteiger partial charge on any atom is 0.323 e. The van der Waals surface area contributed by atoms with Crippen molar-refractivity contribution in [3.63, 3.8) is 0 Å². The molecular weight excluding hydrogens is 286 g/mol. The molecule has 0 aliphatic rings. The van der Waals surface area contributed by atoms with Crippen LogP contribution in [0.15, 0.2) is 54.6 Å². The van der Waals surface area contributed by atoms with Crippen LogP contribution in [0, 0.1) is 0 Å². The number of rotatable bonds is 6. The highest BCUT2D eigenvalue weighted by molar-refractivity contribution is 6.31. The molecule has 4 heteroatoms. The van der Waals surface area contributed by atoms with Gasteiger partial charge in [-0.1, -0.05) is 60.1 Å². The van der Waals surface area contributed by atoms with Gasteiger partial charge in [0.1, 0.15) is 5.54 Å².